The topological polar surface area (TPSA) is 51.2 Å². The van der Waals surface area contributed by atoms with Crippen molar-refractivity contribution >= 4 is 22.4 Å². The van der Waals surface area contributed by atoms with Crippen molar-refractivity contribution in [1.29, 1.82) is 0 Å². The van der Waals surface area contributed by atoms with E-state index in [9.17, 15) is 12.6 Å². The summed E-state index contributed by atoms with van der Waals surface area (Å²) in [4.78, 5) is 0. The van der Waals surface area contributed by atoms with Crippen molar-refractivity contribution in [1.82, 2.24) is 0 Å². The van der Waals surface area contributed by atoms with E-state index < -0.39 is 10.7 Å². The quantitative estimate of drug-likeness (QED) is 0.465. The molecule has 0 aliphatic carbocycles. The lowest BCUT2D eigenvalue weighted by Gasteiger charge is -1.86. The Hall–Kier alpha value is -0.0300. The van der Waals surface area contributed by atoms with Crippen molar-refractivity contribution in [3.63, 3.8) is 0 Å². The van der Waals surface area contributed by atoms with Gasteiger partial charge in [-0.3, -0.25) is 0 Å². The lowest BCUT2D eigenvalue weighted by Crippen LogP contribution is -2.09. The van der Waals surface area contributed by atoms with Crippen LogP contribution in [0.5, 0.6) is 0 Å². The van der Waals surface area contributed by atoms with Crippen molar-refractivity contribution in [3.8, 4) is 0 Å². The molecule has 0 N–H and O–H groups in total. The summed E-state index contributed by atoms with van der Waals surface area (Å²) in [5.41, 5.74) is 0. The third-order valence-electron chi connectivity index (χ3n) is 1.19. The molecular formula is C9H21O3S2+. The third kappa shape index (κ3) is 22.7. The van der Waals surface area contributed by atoms with Crippen molar-refractivity contribution < 1.29 is 12.6 Å². The molecule has 0 aliphatic rings. The van der Waals surface area contributed by atoms with Gasteiger partial charge in [0.25, 0.3) is 0 Å². The van der Waals surface area contributed by atoms with E-state index in [0.29, 0.717) is 17.4 Å². The van der Waals surface area contributed by atoms with Crippen LogP contribution in [0.1, 0.15) is 47.0 Å². The second kappa shape index (κ2) is 9.52. The zero-order chi connectivity index (χ0) is 11.6. The van der Waals surface area contributed by atoms with Crippen LogP contribution < -0.4 is 0 Å². The van der Waals surface area contributed by atoms with Crippen molar-refractivity contribution in [2.45, 2.75) is 51.7 Å². The first-order chi connectivity index (χ1) is 6.33. The summed E-state index contributed by atoms with van der Waals surface area (Å²) in [5, 5.41) is 0. The highest BCUT2D eigenvalue weighted by molar-refractivity contribution is 7.72. The van der Waals surface area contributed by atoms with Gasteiger partial charge in [0.15, 0.2) is 0 Å². The van der Waals surface area contributed by atoms with Crippen LogP contribution in [-0.4, -0.2) is 18.9 Å². The molecule has 0 bridgehead atoms. The van der Waals surface area contributed by atoms with Crippen LogP contribution in [0.15, 0.2) is 0 Å². The van der Waals surface area contributed by atoms with Crippen molar-refractivity contribution in [2.24, 2.45) is 0 Å². The Morgan fingerprint density at radius 2 is 1.57 bits per heavy atom. The molecule has 0 amide bonds. The number of thiol groups is 1. The van der Waals surface area contributed by atoms with Gasteiger partial charge < -0.3 is 0 Å². The number of hydrogen-bond acceptors (Lipinski definition) is 3. The normalized spacial score (nSPS) is 10.6. The molecule has 0 aliphatic heterocycles. The zero-order valence-electron chi connectivity index (χ0n) is 9.41. The fourth-order valence-corrected chi connectivity index (χ4v) is 0.973. The minimum Gasteiger partial charge on any atom is -0.232 e. The highest BCUT2D eigenvalue weighted by Crippen LogP contribution is 1.99. The van der Waals surface area contributed by atoms with Gasteiger partial charge in [0.2, 0.25) is 4.75 Å². The van der Waals surface area contributed by atoms with E-state index in [1.807, 2.05) is 20.8 Å². The summed E-state index contributed by atoms with van der Waals surface area (Å²) in [7, 11) is -2.11. The average molecular weight is 241 g/mol. The Bertz CT molecular complexity index is 197. The minimum absolute atomic E-state index is 0.0972. The molecule has 0 atom stereocenters. The van der Waals surface area contributed by atoms with Crippen LogP contribution in [0, 0.1) is 0 Å². The molecule has 0 fully saturated rings. The van der Waals surface area contributed by atoms with Crippen LogP contribution in [0.25, 0.3) is 0 Å². The first-order valence-corrected chi connectivity index (χ1v) is 6.86. The van der Waals surface area contributed by atoms with E-state index >= 15 is 0 Å². The van der Waals surface area contributed by atoms with Gasteiger partial charge in [0.05, 0.1) is 0 Å². The molecule has 0 saturated heterocycles. The maximum absolute atomic E-state index is 9.91. The van der Waals surface area contributed by atoms with E-state index in [0.717, 1.165) is 19.3 Å². The van der Waals surface area contributed by atoms with Crippen LogP contribution in [0.3, 0.4) is 0 Å². The predicted molar refractivity (Wildman–Crippen MR) is 62.5 cm³/mol. The first-order valence-electron chi connectivity index (χ1n) is 4.76. The molecule has 0 saturated carbocycles. The summed E-state index contributed by atoms with van der Waals surface area (Å²) in [6.45, 7) is 7.73. The second-order valence-corrected chi connectivity index (χ2v) is 6.46. The molecule has 14 heavy (non-hydrogen) atoms. The van der Waals surface area contributed by atoms with Gasteiger partial charge in [-0.1, -0.05) is 19.8 Å². The molecule has 5 heteroatoms. The molecular weight excluding hydrogens is 220 g/mol. The van der Waals surface area contributed by atoms with E-state index in [2.05, 4.69) is 6.92 Å². The predicted octanol–water partition coefficient (Wildman–Crippen LogP) is 2.00. The molecule has 86 valence electrons. The van der Waals surface area contributed by atoms with Gasteiger partial charge in [-0.2, -0.15) is 0 Å². The molecule has 0 radical (unpaired) electrons. The van der Waals surface area contributed by atoms with E-state index in [-0.39, 0.29) is 4.75 Å². The summed E-state index contributed by atoms with van der Waals surface area (Å²) in [6, 6.07) is 0. The molecule has 0 aromatic carbocycles. The summed E-state index contributed by atoms with van der Waals surface area (Å²) >= 11 is 0.632. The highest BCUT2D eigenvalue weighted by Gasteiger charge is 2.23. The molecule has 0 aromatic heterocycles. The number of hydrogen-bond donors (Lipinski definition) is 1. The van der Waals surface area contributed by atoms with Crippen LogP contribution in [0.2, 0.25) is 0 Å². The fraction of sp³-hybridized carbons (Fsp3) is 1.00. The lowest BCUT2D eigenvalue weighted by atomic mass is 10.3. The van der Waals surface area contributed by atoms with E-state index in [1.165, 1.54) is 0 Å². The Kier molecular flexibility index (Phi) is 11.2. The standard InChI is InChI=1S/C5H12O2S.C4H9OS/c1-2-3-4-5-8(6)7;1-4(2,3)6-5/h8H,2-5H2,1H3;1-3H3/q;+1. The fourth-order valence-electron chi connectivity index (χ4n) is 0.491. The van der Waals surface area contributed by atoms with Crippen LogP contribution >= 0.6 is 0 Å². The Labute approximate surface area is 92.7 Å². The van der Waals surface area contributed by atoms with Gasteiger partial charge in [0, 0.05) is 9.96 Å². The lowest BCUT2D eigenvalue weighted by molar-refractivity contribution is 0.587. The molecule has 0 unspecified atom stereocenters. The largest absolute Gasteiger partial charge is 0.464 e. The van der Waals surface area contributed by atoms with Crippen LogP contribution in [0.4, 0.5) is 0 Å². The summed E-state index contributed by atoms with van der Waals surface area (Å²) in [6.07, 6.45) is 2.95. The third-order valence-corrected chi connectivity index (χ3v) is 2.38. The Balaban J connectivity index is 0. The average Bonchev–Trinajstić information content (AvgIpc) is 2.04. The van der Waals surface area contributed by atoms with E-state index in [1.54, 1.807) is 0 Å². The van der Waals surface area contributed by atoms with Gasteiger partial charge in [-0.05, 0) is 27.2 Å². The maximum Gasteiger partial charge on any atom is 0.464 e. The smallest absolute Gasteiger partial charge is 0.232 e. The highest BCUT2D eigenvalue weighted by atomic mass is 32.2. The molecule has 0 spiro atoms. The monoisotopic (exact) mass is 241 g/mol. The van der Waals surface area contributed by atoms with Gasteiger partial charge in [0.1, 0.15) is 10.7 Å². The molecule has 0 aromatic rings. The first kappa shape index (κ1) is 16.4. The van der Waals surface area contributed by atoms with Gasteiger partial charge in [-0.15, -0.1) is 0 Å². The van der Waals surface area contributed by atoms with Gasteiger partial charge >= 0.3 is 11.7 Å². The maximum atomic E-state index is 9.91. The summed E-state index contributed by atoms with van der Waals surface area (Å²) in [5.74, 6) is 0.364. The van der Waals surface area contributed by atoms with Gasteiger partial charge in [-0.25, -0.2) is 8.42 Å². The SMILES string of the molecule is CC(C)(C)[S+]=O.CCCCC[SH](=O)=O. The zero-order valence-corrected chi connectivity index (χ0v) is 11.1. The molecule has 0 heterocycles. The minimum atomic E-state index is -2.11. The second-order valence-electron chi connectivity index (χ2n) is 3.96. The Morgan fingerprint density at radius 3 is 1.79 bits per heavy atom. The van der Waals surface area contributed by atoms with Crippen LogP contribution in [-0.2, 0) is 26.6 Å². The molecule has 3 nitrogen and oxygen atoms in total. The summed E-state index contributed by atoms with van der Waals surface area (Å²) < 4.78 is 29.6. The van der Waals surface area contributed by atoms with Crippen molar-refractivity contribution in [2.75, 3.05) is 5.75 Å². The number of rotatable bonds is 4. The number of unbranched alkanes of at least 4 members (excludes halogenated alkanes) is 2. The van der Waals surface area contributed by atoms with E-state index in [4.69, 9.17) is 0 Å². The van der Waals surface area contributed by atoms with Crippen molar-refractivity contribution in [3.05, 3.63) is 0 Å². The Morgan fingerprint density at radius 1 is 1.14 bits per heavy atom. The molecule has 0 rings (SSSR count).